The minimum atomic E-state index is 0. The molecule has 0 aromatic heterocycles. The standard InChI is InChI=1S/C6H14ClN.H2O/c7-5-3-1-2-4-6-8;/h1-6,8H2;1H2. The summed E-state index contributed by atoms with van der Waals surface area (Å²) in [7, 11) is 0. The molecule has 0 atom stereocenters. The number of unbranched alkanes of at least 4 members (excludes halogenated alkanes) is 3. The molecule has 0 aliphatic heterocycles. The lowest BCUT2D eigenvalue weighted by atomic mass is 10.2. The van der Waals surface area contributed by atoms with Crippen LogP contribution in [-0.4, -0.2) is 17.9 Å². The molecule has 3 heteroatoms. The summed E-state index contributed by atoms with van der Waals surface area (Å²) in [6, 6.07) is 0. The van der Waals surface area contributed by atoms with Crippen LogP contribution in [0.1, 0.15) is 25.7 Å². The summed E-state index contributed by atoms with van der Waals surface area (Å²) < 4.78 is 0. The van der Waals surface area contributed by atoms with E-state index in [9.17, 15) is 0 Å². The van der Waals surface area contributed by atoms with Crippen molar-refractivity contribution in [2.75, 3.05) is 12.4 Å². The van der Waals surface area contributed by atoms with Gasteiger partial charge in [-0.2, -0.15) is 0 Å². The van der Waals surface area contributed by atoms with Crippen LogP contribution in [0.15, 0.2) is 0 Å². The number of alkyl halides is 1. The summed E-state index contributed by atoms with van der Waals surface area (Å²) in [5.41, 5.74) is 5.28. The summed E-state index contributed by atoms with van der Waals surface area (Å²) in [6.07, 6.45) is 4.77. The SMILES string of the molecule is NCCCCCCCl.O. The molecule has 0 aliphatic rings. The van der Waals surface area contributed by atoms with Crippen LogP contribution in [0.3, 0.4) is 0 Å². The van der Waals surface area contributed by atoms with Crippen molar-refractivity contribution in [3.8, 4) is 0 Å². The second kappa shape index (κ2) is 11.1. The Labute approximate surface area is 61.7 Å². The van der Waals surface area contributed by atoms with Crippen molar-refractivity contribution in [2.45, 2.75) is 25.7 Å². The fourth-order valence-electron chi connectivity index (χ4n) is 0.592. The Morgan fingerprint density at radius 2 is 1.56 bits per heavy atom. The van der Waals surface area contributed by atoms with Gasteiger partial charge in [0.2, 0.25) is 0 Å². The summed E-state index contributed by atoms with van der Waals surface area (Å²) in [5.74, 6) is 0.796. The zero-order valence-electron chi connectivity index (χ0n) is 5.70. The van der Waals surface area contributed by atoms with Gasteiger partial charge in [-0.1, -0.05) is 12.8 Å². The highest BCUT2D eigenvalue weighted by Gasteiger charge is 1.84. The molecule has 0 fully saturated rings. The predicted octanol–water partition coefficient (Wildman–Crippen LogP) is 0.920. The average Bonchev–Trinajstić information content (AvgIpc) is 1.81. The Morgan fingerprint density at radius 3 is 2.00 bits per heavy atom. The molecule has 4 N–H and O–H groups in total. The molecule has 0 saturated carbocycles. The zero-order valence-corrected chi connectivity index (χ0v) is 6.45. The van der Waals surface area contributed by atoms with Gasteiger partial charge in [0.15, 0.2) is 0 Å². The minimum Gasteiger partial charge on any atom is -0.412 e. The van der Waals surface area contributed by atoms with Crippen LogP contribution in [-0.2, 0) is 0 Å². The van der Waals surface area contributed by atoms with Crippen LogP contribution in [0.4, 0.5) is 0 Å². The van der Waals surface area contributed by atoms with E-state index >= 15 is 0 Å². The van der Waals surface area contributed by atoms with Gasteiger partial charge in [-0.05, 0) is 19.4 Å². The van der Waals surface area contributed by atoms with Crippen molar-refractivity contribution in [2.24, 2.45) is 5.73 Å². The second-order valence-electron chi connectivity index (χ2n) is 1.89. The lowest BCUT2D eigenvalue weighted by Gasteiger charge is -1.93. The first-order chi connectivity index (χ1) is 3.91. The van der Waals surface area contributed by atoms with Crippen molar-refractivity contribution < 1.29 is 5.48 Å². The average molecular weight is 154 g/mol. The first kappa shape index (κ1) is 11.9. The molecule has 0 rings (SSSR count). The normalized spacial score (nSPS) is 8.67. The summed E-state index contributed by atoms with van der Waals surface area (Å²) in [6.45, 7) is 0.822. The Balaban J connectivity index is 0. The van der Waals surface area contributed by atoms with Crippen molar-refractivity contribution in [3.63, 3.8) is 0 Å². The number of rotatable bonds is 5. The molecular formula is C6H16ClNO. The molecule has 0 spiro atoms. The number of nitrogens with two attached hydrogens (primary N) is 1. The van der Waals surface area contributed by atoms with Crippen LogP contribution in [0.25, 0.3) is 0 Å². The van der Waals surface area contributed by atoms with Crippen molar-refractivity contribution in [1.82, 2.24) is 0 Å². The molecule has 0 amide bonds. The first-order valence-corrected chi connectivity index (χ1v) is 3.71. The smallest absolute Gasteiger partial charge is 0.0223 e. The molecular weight excluding hydrogens is 138 g/mol. The number of halogens is 1. The van der Waals surface area contributed by atoms with Crippen LogP contribution in [0, 0.1) is 0 Å². The second-order valence-corrected chi connectivity index (χ2v) is 2.27. The fraction of sp³-hybridized carbons (Fsp3) is 1.00. The Kier molecular flexibility index (Phi) is 14.7. The molecule has 58 valence electrons. The van der Waals surface area contributed by atoms with Gasteiger partial charge in [0.25, 0.3) is 0 Å². The maximum Gasteiger partial charge on any atom is 0.0223 e. The highest BCUT2D eigenvalue weighted by molar-refractivity contribution is 6.17. The number of hydrogen-bond acceptors (Lipinski definition) is 1. The van der Waals surface area contributed by atoms with Crippen molar-refractivity contribution in [3.05, 3.63) is 0 Å². The van der Waals surface area contributed by atoms with E-state index in [1.807, 2.05) is 0 Å². The molecule has 9 heavy (non-hydrogen) atoms. The van der Waals surface area contributed by atoms with E-state index in [1.165, 1.54) is 12.8 Å². The summed E-state index contributed by atoms with van der Waals surface area (Å²) in [5, 5.41) is 0. The minimum absolute atomic E-state index is 0. The van der Waals surface area contributed by atoms with Crippen LogP contribution in [0.5, 0.6) is 0 Å². The Bertz CT molecular complexity index is 38.0. The molecule has 0 aromatic carbocycles. The molecule has 0 aromatic rings. The van der Waals surface area contributed by atoms with E-state index in [1.54, 1.807) is 0 Å². The third-order valence-electron chi connectivity index (χ3n) is 1.09. The molecule has 2 nitrogen and oxygen atoms in total. The van der Waals surface area contributed by atoms with Crippen molar-refractivity contribution in [1.29, 1.82) is 0 Å². The Hall–Kier alpha value is 0.210. The maximum atomic E-state index is 5.45. The van der Waals surface area contributed by atoms with Crippen LogP contribution < -0.4 is 5.73 Å². The van der Waals surface area contributed by atoms with Crippen molar-refractivity contribution >= 4 is 11.6 Å². The van der Waals surface area contributed by atoms with Gasteiger partial charge in [0.1, 0.15) is 0 Å². The fourth-order valence-corrected chi connectivity index (χ4v) is 0.781. The van der Waals surface area contributed by atoms with Gasteiger partial charge in [0.05, 0.1) is 0 Å². The quantitative estimate of drug-likeness (QED) is 0.464. The lowest BCUT2D eigenvalue weighted by Crippen LogP contribution is -1.97. The van der Waals surface area contributed by atoms with E-state index in [2.05, 4.69) is 0 Å². The molecule has 0 bridgehead atoms. The van der Waals surface area contributed by atoms with E-state index in [0.717, 1.165) is 25.3 Å². The molecule has 0 radical (unpaired) electrons. The monoisotopic (exact) mass is 153 g/mol. The van der Waals surface area contributed by atoms with Gasteiger partial charge < -0.3 is 11.2 Å². The van der Waals surface area contributed by atoms with Gasteiger partial charge in [0, 0.05) is 5.88 Å². The van der Waals surface area contributed by atoms with Gasteiger partial charge in [-0.3, -0.25) is 0 Å². The van der Waals surface area contributed by atoms with E-state index < -0.39 is 0 Å². The third-order valence-corrected chi connectivity index (χ3v) is 1.36. The molecule has 0 saturated heterocycles. The number of hydrogen-bond donors (Lipinski definition) is 1. The van der Waals surface area contributed by atoms with Gasteiger partial charge in [-0.25, -0.2) is 0 Å². The molecule has 0 heterocycles. The zero-order chi connectivity index (χ0) is 6.24. The largest absolute Gasteiger partial charge is 0.412 e. The predicted molar refractivity (Wildman–Crippen MR) is 41.9 cm³/mol. The van der Waals surface area contributed by atoms with Gasteiger partial charge >= 0.3 is 0 Å². The maximum absolute atomic E-state index is 5.45. The third kappa shape index (κ3) is 11.7. The molecule has 0 unspecified atom stereocenters. The topological polar surface area (TPSA) is 57.5 Å². The van der Waals surface area contributed by atoms with E-state index in [4.69, 9.17) is 17.3 Å². The van der Waals surface area contributed by atoms with E-state index in [0.29, 0.717) is 0 Å². The highest BCUT2D eigenvalue weighted by Crippen LogP contribution is 1.98. The summed E-state index contributed by atoms with van der Waals surface area (Å²) in [4.78, 5) is 0. The van der Waals surface area contributed by atoms with Crippen LogP contribution >= 0.6 is 11.6 Å². The van der Waals surface area contributed by atoms with Crippen LogP contribution in [0.2, 0.25) is 0 Å². The summed E-state index contributed by atoms with van der Waals surface area (Å²) >= 11 is 5.45. The Morgan fingerprint density at radius 1 is 1.00 bits per heavy atom. The van der Waals surface area contributed by atoms with Gasteiger partial charge in [-0.15, -0.1) is 11.6 Å². The molecule has 0 aliphatic carbocycles. The van der Waals surface area contributed by atoms with E-state index in [-0.39, 0.29) is 5.48 Å². The highest BCUT2D eigenvalue weighted by atomic mass is 35.5. The first-order valence-electron chi connectivity index (χ1n) is 3.18. The lowest BCUT2D eigenvalue weighted by molar-refractivity contribution is 0.677.